The summed E-state index contributed by atoms with van der Waals surface area (Å²) >= 11 is 0. The Balaban J connectivity index is 1.56. The first-order chi connectivity index (χ1) is 24.2. The number of benzene rings is 4. The van der Waals surface area contributed by atoms with Gasteiger partial charge in [0.1, 0.15) is 5.75 Å². The van der Waals surface area contributed by atoms with Crippen LogP contribution in [0, 0.1) is 11.6 Å². The Morgan fingerprint density at radius 1 is 1.02 bits per heavy atom. The lowest BCUT2D eigenvalue weighted by Gasteiger charge is -2.31. The highest BCUT2D eigenvalue weighted by atomic mass is 32.2. The lowest BCUT2D eigenvalue weighted by molar-refractivity contribution is -0.130. The Morgan fingerprint density at radius 2 is 1.76 bits per heavy atom. The van der Waals surface area contributed by atoms with E-state index in [1.54, 1.807) is 66.7 Å². The number of azide groups is 1. The molecule has 1 aliphatic heterocycles. The van der Waals surface area contributed by atoms with E-state index >= 15 is 0 Å². The summed E-state index contributed by atoms with van der Waals surface area (Å²) in [6.07, 6.45) is -1.09. The molecular formula is C35H34F2N6O6S. The van der Waals surface area contributed by atoms with Crippen molar-refractivity contribution in [1.82, 2.24) is 10.9 Å². The zero-order chi connectivity index (χ0) is 35.6. The van der Waals surface area contributed by atoms with Gasteiger partial charge in [-0.05, 0) is 70.8 Å². The van der Waals surface area contributed by atoms with Gasteiger partial charge in [-0.2, -0.15) is 0 Å². The van der Waals surface area contributed by atoms with Crippen LogP contribution < -0.4 is 15.6 Å². The third-order valence-electron chi connectivity index (χ3n) is 8.00. The zero-order valence-corrected chi connectivity index (χ0v) is 27.5. The van der Waals surface area contributed by atoms with Crippen molar-refractivity contribution < 1.29 is 36.6 Å². The summed E-state index contributed by atoms with van der Waals surface area (Å²) in [4.78, 5) is 22.1. The van der Waals surface area contributed by atoms with E-state index in [4.69, 9.17) is 25.1 Å². The number of ether oxygens (including phenoxy) is 2. The highest BCUT2D eigenvalue weighted by Gasteiger charge is 2.54. The molecule has 260 valence electrons. The quantitative estimate of drug-likeness (QED) is 0.0455. The predicted octanol–water partition coefficient (Wildman–Crippen LogP) is 5.48. The van der Waals surface area contributed by atoms with Gasteiger partial charge in [0.2, 0.25) is 5.90 Å². The number of hydrazine groups is 1. The number of sulfone groups is 1. The first kappa shape index (κ1) is 36.0. The molecule has 15 heteroatoms. The van der Waals surface area contributed by atoms with Gasteiger partial charge >= 0.3 is 0 Å². The number of aliphatic hydroxyl groups is 1. The van der Waals surface area contributed by atoms with Gasteiger partial charge in [-0.25, -0.2) is 27.6 Å². The smallest absolute Gasteiger partial charge is 0.266 e. The fourth-order valence-electron chi connectivity index (χ4n) is 5.41. The maximum atomic E-state index is 14.4. The van der Waals surface area contributed by atoms with Gasteiger partial charge in [0, 0.05) is 36.5 Å². The van der Waals surface area contributed by atoms with E-state index in [0.717, 1.165) is 12.1 Å². The predicted molar refractivity (Wildman–Crippen MR) is 180 cm³/mol. The minimum absolute atomic E-state index is 0.0228. The van der Waals surface area contributed by atoms with Crippen LogP contribution in [0.1, 0.15) is 41.2 Å². The molecule has 0 bridgehead atoms. The molecule has 3 N–H and O–H groups in total. The van der Waals surface area contributed by atoms with Gasteiger partial charge in [-0.1, -0.05) is 53.6 Å². The Morgan fingerprint density at radius 3 is 2.48 bits per heavy atom. The van der Waals surface area contributed by atoms with Gasteiger partial charge in [-0.3, -0.25) is 10.2 Å². The van der Waals surface area contributed by atoms with Crippen LogP contribution in [-0.2, 0) is 32.5 Å². The molecule has 5 rings (SSSR count). The molecular weight excluding hydrogens is 670 g/mol. The summed E-state index contributed by atoms with van der Waals surface area (Å²) in [6.45, 7) is 0.0872. The highest BCUT2D eigenvalue weighted by Crippen LogP contribution is 2.44. The summed E-state index contributed by atoms with van der Waals surface area (Å²) in [5, 5.41) is 12.8. The molecule has 0 aromatic heterocycles. The van der Waals surface area contributed by atoms with Crippen molar-refractivity contribution in [3.63, 3.8) is 0 Å². The molecule has 0 aliphatic carbocycles. The molecule has 0 saturated heterocycles. The van der Waals surface area contributed by atoms with Crippen LogP contribution in [-0.4, -0.2) is 49.8 Å². The molecule has 1 heterocycles. The summed E-state index contributed by atoms with van der Waals surface area (Å²) in [6, 6.07) is 24.6. The van der Waals surface area contributed by atoms with Crippen LogP contribution in [0.4, 0.5) is 8.78 Å². The standard InChI is InChI=1S/C35H34F2N6O6S/c36-30-16-11-24(21-31(30)37)22-39-42-34(45)35(17-20-50(46,47)28-8-2-1-3-9-28)32(29-10-5-4-7-26(29)23-40-43-38)49-33(41-35)25-12-14-27(15-13-25)48-19-6-18-44/h1-5,7-16,21,32,39,44H,6,17-20,22-23H2,(H,42,45)/t32-,35-/m0/s1. The van der Waals surface area contributed by atoms with Crippen molar-refractivity contribution in [1.29, 1.82) is 0 Å². The average molecular weight is 705 g/mol. The summed E-state index contributed by atoms with van der Waals surface area (Å²) in [7, 11) is -3.92. The van der Waals surface area contributed by atoms with Crippen molar-refractivity contribution in [2.75, 3.05) is 19.0 Å². The van der Waals surface area contributed by atoms with Crippen LogP contribution in [0.2, 0.25) is 0 Å². The molecule has 0 saturated carbocycles. The second-order valence-electron chi connectivity index (χ2n) is 11.3. The number of rotatable bonds is 16. The fourth-order valence-corrected chi connectivity index (χ4v) is 6.80. The lowest BCUT2D eigenvalue weighted by atomic mass is 9.83. The summed E-state index contributed by atoms with van der Waals surface area (Å²) in [5.41, 5.74) is 14.2. The average Bonchev–Trinajstić information content (AvgIpc) is 3.53. The normalized spacial score (nSPS) is 16.9. The number of amides is 1. The first-order valence-corrected chi connectivity index (χ1v) is 17.3. The minimum atomic E-state index is -3.92. The second kappa shape index (κ2) is 16.4. The minimum Gasteiger partial charge on any atom is -0.494 e. The third-order valence-corrected chi connectivity index (χ3v) is 9.74. The van der Waals surface area contributed by atoms with Crippen LogP contribution in [0.3, 0.4) is 0 Å². The number of halogens is 2. The largest absolute Gasteiger partial charge is 0.494 e. The highest BCUT2D eigenvalue weighted by molar-refractivity contribution is 7.91. The number of carbonyl (C=O) groups excluding carboxylic acids is 1. The van der Waals surface area contributed by atoms with Crippen molar-refractivity contribution in [2.45, 2.75) is 42.5 Å². The van der Waals surface area contributed by atoms with Gasteiger partial charge < -0.3 is 14.6 Å². The molecule has 2 atom stereocenters. The van der Waals surface area contributed by atoms with E-state index in [9.17, 15) is 22.0 Å². The first-order valence-electron chi connectivity index (χ1n) is 15.6. The number of carbonyl (C=O) groups is 1. The summed E-state index contributed by atoms with van der Waals surface area (Å²) in [5.74, 6) is -2.77. The maximum Gasteiger partial charge on any atom is 0.266 e. The van der Waals surface area contributed by atoms with Crippen LogP contribution in [0.15, 0.2) is 112 Å². The van der Waals surface area contributed by atoms with Crippen molar-refractivity contribution in [2.24, 2.45) is 10.1 Å². The molecule has 12 nitrogen and oxygen atoms in total. The topological polar surface area (TPSA) is 175 Å². The van der Waals surface area contributed by atoms with Crippen LogP contribution >= 0.6 is 0 Å². The Bertz CT molecular complexity index is 1990. The fraction of sp³-hybridized carbons (Fsp3) is 0.257. The summed E-state index contributed by atoms with van der Waals surface area (Å²) < 4.78 is 66.6. The van der Waals surface area contributed by atoms with E-state index in [2.05, 4.69) is 20.9 Å². The van der Waals surface area contributed by atoms with Gasteiger partial charge in [0.05, 0.1) is 23.8 Å². The number of hydrogen-bond donors (Lipinski definition) is 3. The monoisotopic (exact) mass is 704 g/mol. The Labute approximate surface area is 287 Å². The molecule has 1 amide bonds. The number of nitrogens with zero attached hydrogens (tertiary/aromatic N) is 4. The van der Waals surface area contributed by atoms with E-state index < -0.39 is 44.8 Å². The number of aliphatic hydroxyl groups excluding tert-OH is 1. The lowest BCUT2D eigenvalue weighted by Crippen LogP contribution is -2.53. The van der Waals surface area contributed by atoms with Crippen molar-refractivity contribution >= 4 is 21.6 Å². The number of hydrogen-bond acceptors (Lipinski definition) is 9. The van der Waals surface area contributed by atoms with Crippen LogP contribution in [0.5, 0.6) is 5.75 Å². The second-order valence-corrected chi connectivity index (χ2v) is 13.4. The van der Waals surface area contributed by atoms with Crippen molar-refractivity contribution in [3.05, 3.63) is 141 Å². The number of aliphatic imine (C=N–C) groups is 1. The van der Waals surface area contributed by atoms with Crippen molar-refractivity contribution in [3.8, 4) is 5.75 Å². The molecule has 0 fully saturated rings. The van der Waals surface area contributed by atoms with E-state index in [0.29, 0.717) is 41.0 Å². The Hall–Kier alpha value is -5.34. The van der Waals surface area contributed by atoms with E-state index in [-0.39, 0.29) is 36.9 Å². The van der Waals surface area contributed by atoms with E-state index in [1.807, 2.05) is 0 Å². The molecule has 0 spiro atoms. The van der Waals surface area contributed by atoms with Crippen LogP contribution in [0.25, 0.3) is 10.4 Å². The van der Waals surface area contributed by atoms with Gasteiger partial charge in [0.15, 0.2) is 33.1 Å². The SMILES string of the molecule is [N-]=[N+]=NCc1ccccc1[C@@H]1OC(c2ccc(OCCCO)cc2)=N[C@]1(CCS(=O)(=O)c1ccccc1)C(=O)NNCc1ccc(F)c(F)c1. The maximum absolute atomic E-state index is 14.4. The van der Waals surface area contributed by atoms with Gasteiger partial charge in [-0.15, -0.1) is 0 Å². The molecule has 50 heavy (non-hydrogen) atoms. The molecule has 0 radical (unpaired) electrons. The molecule has 1 aliphatic rings. The molecule has 4 aromatic rings. The Kier molecular flexibility index (Phi) is 11.8. The van der Waals surface area contributed by atoms with E-state index in [1.165, 1.54) is 18.2 Å². The zero-order valence-electron chi connectivity index (χ0n) is 26.7. The number of nitrogens with one attached hydrogen (secondary N) is 2. The van der Waals surface area contributed by atoms with Gasteiger partial charge in [0.25, 0.3) is 5.91 Å². The third kappa shape index (κ3) is 8.44. The molecule has 4 aromatic carbocycles. The molecule has 0 unspecified atom stereocenters.